The molecule has 0 amide bonds. The van der Waals surface area contributed by atoms with Crippen molar-refractivity contribution >= 4 is 0 Å². The van der Waals surface area contributed by atoms with Crippen molar-refractivity contribution < 1.29 is 9.47 Å². The minimum absolute atomic E-state index is 0.336. The van der Waals surface area contributed by atoms with Gasteiger partial charge in [-0.15, -0.1) is 0 Å². The fourth-order valence-corrected chi connectivity index (χ4v) is 2.04. The Morgan fingerprint density at radius 1 is 1.11 bits per heavy atom. The van der Waals surface area contributed by atoms with Gasteiger partial charge in [0, 0.05) is 0 Å². The molecule has 0 radical (unpaired) electrons. The Bertz CT molecular complexity index is 327. The second-order valence-electron chi connectivity index (χ2n) is 5.07. The molecule has 1 aromatic rings. The van der Waals surface area contributed by atoms with Crippen LogP contribution in [0.5, 0.6) is 5.75 Å². The Morgan fingerprint density at radius 3 is 2.50 bits per heavy atom. The average Bonchev–Trinajstić information content (AvgIpc) is 3.22. The maximum Gasteiger partial charge on any atom is 0.119 e. The number of hydrogen-bond acceptors (Lipinski definition) is 2. The van der Waals surface area contributed by atoms with E-state index in [4.69, 9.17) is 9.47 Å². The van der Waals surface area contributed by atoms with Crippen molar-refractivity contribution in [2.24, 2.45) is 0 Å². The summed E-state index contributed by atoms with van der Waals surface area (Å²) in [6.07, 6.45) is 8.24. The second-order valence-corrected chi connectivity index (χ2v) is 5.07. The number of benzene rings is 1. The van der Waals surface area contributed by atoms with Gasteiger partial charge in [0.15, 0.2) is 0 Å². The highest BCUT2D eigenvalue weighted by atomic mass is 16.6. The first-order chi connectivity index (χ1) is 8.88. The van der Waals surface area contributed by atoms with Crippen LogP contribution in [0.1, 0.15) is 44.6 Å². The molecular weight excluding hydrogens is 224 g/mol. The molecule has 0 N–H and O–H groups in total. The highest BCUT2D eigenvalue weighted by molar-refractivity contribution is 5.27. The molecule has 0 spiro atoms. The maximum atomic E-state index is 5.62. The zero-order valence-corrected chi connectivity index (χ0v) is 11.4. The molecule has 1 atom stereocenters. The Balaban J connectivity index is 1.63. The van der Waals surface area contributed by atoms with E-state index in [1.807, 2.05) is 0 Å². The SMILES string of the molecule is CCCCCCCc1ccc(OC[C@@H]2CO2)cc1. The van der Waals surface area contributed by atoms with Crippen LogP contribution in [0.2, 0.25) is 0 Å². The molecule has 2 nitrogen and oxygen atoms in total. The minimum Gasteiger partial charge on any atom is -0.491 e. The van der Waals surface area contributed by atoms with Crippen molar-refractivity contribution in [1.82, 2.24) is 0 Å². The lowest BCUT2D eigenvalue weighted by atomic mass is 10.1. The largest absolute Gasteiger partial charge is 0.491 e. The molecule has 2 heteroatoms. The van der Waals surface area contributed by atoms with E-state index in [1.165, 1.54) is 44.1 Å². The van der Waals surface area contributed by atoms with Crippen LogP contribution in [0.3, 0.4) is 0 Å². The molecule has 2 rings (SSSR count). The Kier molecular flexibility index (Phi) is 5.53. The summed E-state index contributed by atoms with van der Waals surface area (Å²) in [6, 6.07) is 8.51. The van der Waals surface area contributed by atoms with E-state index in [0.29, 0.717) is 12.7 Å². The quantitative estimate of drug-likeness (QED) is 0.487. The number of rotatable bonds is 9. The molecule has 0 bridgehead atoms. The summed E-state index contributed by atoms with van der Waals surface area (Å²) >= 11 is 0. The molecule has 0 aliphatic carbocycles. The number of unbranched alkanes of at least 4 members (excludes halogenated alkanes) is 4. The van der Waals surface area contributed by atoms with Crippen LogP contribution >= 0.6 is 0 Å². The van der Waals surface area contributed by atoms with Crippen LogP contribution < -0.4 is 4.74 Å². The van der Waals surface area contributed by atoms with Crippen LogP contribution in [-0.2, 0) is 11.2 Å². The summed E-state index contributed by atoms with van der Waals surface area (Å²) in [4.78, 5) is 0. The van der Waals surface area contributed by atoms with E-state index in [9.17, 15) is 0 Å². The van der Waals surface area contributed by atoms with Gasteiger partial charge < -0.3 is 9.47 Å². The lowest BCUT2D eigenvalue weighted by molar-refractivity contribution is 0.263. The standard InChI is InChI=1S/C16H24O2/c1-2-3-4-5-6-7-14-8-10-15(11-9-14)17-12-16-13-18-16/h8-11,16H,2-7,12-13H2,1H3/t16-/m1/s1. The van der Waals surface area contributed by atoms with E-state index < -0.39 is 0 Å². The molecule has 1 heterocycles. The average molecular weight is 248 g/mol. The third kappa shape index (κ3) is 5.09. The smallest absolute Gasteiger partial charge is 0.119 e. The van der Waals surface area contributed by atoms with Gasteiger partial charge in [0.1, 0.15) is 18.5 Å². The van der Waals surface area contributed by atoms with Gasteiger partial charge in [0.05, 0.1) is 6.61 Å². The highest BCUT2D eigenvalue weighted by Crippen LogP contribution is 2.17. The Morgan fingerprint density at radius 2 is 1.83 bits per heavy atom. The van der Waals surface area contributed by atoms with E-state index >= 15 is 0 Å². The number of ether oxygens (including phenoxy) is 2. The Labute approximate surface area is 110 Å². The number of epoxide rings is 1. The van der Waals surface area contributed by atoms with Crippen molar-refractivity contribution in [1.29, 1.82) is 0 Å². The molecule has 0 aromatic heterocycles. The predicted octanol–water partition coefficient (Wildman–Crippen LogP) is 3.98. The monoisotopic (exact) mass is 248 g/mol. The summed E-state index contributed by atoms with van der Waals surface area (Å²) < 4.78 is 10.7. The van der Waals surface area contributed by atoms with Crippen molar-refractivity contribution in [2.75, 3.05) is 13.2 Å². The number of aryl methyl sites for hydroxylation is 1. The zero-order chi connectivity index (χ0) is 12.6. The third-order valence-corrected chi connectivity index (χ3v) is 3.33. The van der Waals surface area contributed by atoms with Gasteiger partial charge in [-0.25, -0.2) is 0 Å². The fraction of sp³-hybridized carbons (Fsp3) is 0.625. The molecule has 1 aromatic carbocycles. The van der Waals surface area contributed by atoms with Gasteiger partial charge in [0.25, 0.3) is 0 Å². The Hall–Kier alpha value is -1.02. The van der Waals surface area contributed by atoms with Crippen molar-refractivity contribution in [3.63, 3.8) is 0 Å². The molecule has 1 saturated heterocycles. The first-order valence-electron chi connectivity index (χ1n) is 7.22. The van der Waals surface area contributed by atoms with Crippen molar-refractivity contribution in [2.45, 2.75) is 51.6 Å². The van der Waals surface area contributed by atoms with E-state index in [2.05, 4.69) is 31.2 Å². The summed E-state index contributed by atoms with van der Waals surface area (Å²) in [7, 11) is 0. The summed E-state index contributed by atoms with van der Waals surface area (Å²) in [5.41, 5.74) is 1.42. The van der Waals surface area contributed by atoms with Crippen LogP contribution in [0, 0.1) is 0 Å². The lowest BCUT2D eigenvalue weighted by Crippen LogP contribution is -2.03. The maximum absolute atomic E-state index is 5.62. The predicted molar refractivity (Wildman–Crippen MR) is 74.1 cm³/mol. The van der Waals surface area contributed by atoms with Crippen LogP contribution in [0.4, 0.5) is 0 Å². The van der Waals surface area contributed by atoms with E-state index in [1.54, 1.807) is 0 Å². The second kappa shape index (κ2) is 7.42. The highest BCUT2D eigenvalue weighted by Gasteiger charge is 2.22. The van der Waals surface area contributed by atoms with Gasteiger partial charge in [-0.2, -0.15) is 0 Å². The van der Waals surface area contributed by atoms with E-state index in [-0.39, 0.29) is 0 Å². The zero-order valence-electron chi connectivity index (χ0n) is 11.4. The summed E-state index contributed by atoms with van der Waals surface area (Å²) in [5, 5.41) is 0. The number of hydrogen-bond donors (Lipinski definition) is 0. The van der Waals surface area contributed by atoms with E-state index in [0.717, 1.165) is 12.4 Å². The molecule has 0 unspecified atom stereocenters. The topological polar surface area (TPSA) is 21.8 Å². The molecule has 100 valence electrons. The van der Waals surface area contributed by atoms with Gasteiger partial charge >= 0.3 is 0 Å². The summed E-state index contributed by atoms with van der Waals surface area (Å²) in [6.45, 7) is 3.80. The molecule has 18 heavy (non-hydrogen) atoms. The van der Waals surface area contributed by atoms with Crippen LogP contribution in [0.25, 0.3) is 0 Å². The van der Waals surface area contributed by atoms with Crippen molar-refractivity contribution in [3.8, 4) is 5.75 Å². The molecular formula is C16H24O2. The van der Waals surface area contributed by atoms with Gasteiger partial charge in [-0.05, 0) is 30.5 Å². The van der Waals surface area contributed by atoms with Gasteiger partial charge in [-0.1, -0.05) is 44.7 Å². The molecule has 1 fully saturated rings. The van der Waals surface area contributed by atoms with Crippen LogP contribution in [-0.4, -0.2) is 19.3 Å². The van der Waals surface area contributed by atoms with Crippen LogP contribution in [0.15, 0.2) is 24.3 Å². The van der Waals surface area contributed by atoms with Crippen molar-refractivity contribution in [3.05, 3.63) is 29.8 Å². The lowest BCUT2D eigenvalue weighted by Gasteiger charge is -2.06. The normalized spacial score (nSPS) is 17.7. The molecule has 0 saturated carbocycles. The molecule has 1 aliphatic heterocycles. The minimum atomic E-state index is 0.336. The first kappa shape index (κ1) is 13.4. The first-order valence-corrected chi connectivity index (χ1v) is 7.22. The van der Waals surface area contributed by atoms with Gasteiger partial charge in [-0.3, -0.25) is 0 Å². The molecule has 1 aliphatic rings. The third-order valence-electron chi connectivity index (χ3n) is 3.33. The fourth-order valence-electron chi connectivity index (χ4n) is 2.04. The summed E-state index contributed by atoms with van der Waals surface area (Å²) in [5.74, 6) is 0.959. The van der Waals surface area contributed by atoms with Gasteiger partial charge in [0.2, 0.25) is 0 Å².